The maximum atomic E-state index is 12.1. The Labute approximate surface area is 141 Å². The Morgan fingerprint density at radius 3 is 2.33 bits per heavy atom. The maximum absolute atomic E-state index is 12.1. The Hall–Kier alpha value is -2.51. The Kier molecular flexibility index (Phi) is 6.22. The standard InChI is InChI=1S/C17H18N2O4S/c20-19(21)16-10-12-17(13-11-16)24(22,23)18-14-6-2-5-9-15-7-3-1-4-8-15/h1,3-5,7-13,18H,2,6,14H2/b9-5-. The second-order valence-corrected chi connectivity index (χ2v) is 6.87. The van der Waals surface area contributed by atoms with Gasteiger partial charge in [0.1, 0.15) is 0 Å². The molecule has 0 bridgehead atoms. The monoisotopic (exact) mass is 346 g/mol. The summed E-state index contributed by atoms with van der Waals surface area (Å²) in [5.74, 6) is 0. The van der Waals surface area contributed by atoms with Crippen LogP contribution < -0.4 is 4.72 Å². The maximum Gasteiger partial charge on any atom is 0.269 e. The van der Waals surface area contributed by atoms with Crippen molar-refractivity contribution in [3.05, 3.63) is 76.4 Å². The van der Waals surface area contributed by atoms with Crippen molar-refractivity contribution in [1.29, 1.82) is 0 Å². The fourth-order valence-corrected chi connectivity index (χ4v) is 3.11. The largest absolute Gasteiger partial charge is 0.269 e. The topological polar surface area (TPSA) is 89.3 Å². The summed E-state index contributed by atoms with van der Waals surface area (Å²) in [6, 6.07) is 14.7. The van der Waals surface area contributed by atoms with Crippen LogP contribution in [0.3, 0.4) is 0 Å². The van der Waals surface area contributed by atoms with E-state index in [1.54, 1.807) is 0 Å². The van der Waals surface area contributed by atoms with Gasteiger partial charge in [0, 0.05) is 18.7 Å². The zero-order valence-corrected chi connectivity index (χ0v) is 13.8. The summed E-state index contributed by atoms with van der Waals surface area (Å²) in [6.45, 7) is 0.304. The van der Waals surface area contributed by atoms with Crippen LogP contribution in [-0.2, 0) is 10.0 Å². The number of hydrogen-bond acceptors (Lipinski definition) is 4. The van der Waals surface area contributed by atoms with E-state index in [1.807, 2.05) is 42.5 Å². The van der Waals surface area contributed by atoms with Gasteiger partial charge in [-0.15, -0.1) is 0 Å². The Morgan fingerprint density at radius 2 is 1.71 bits per heavy atom. The molecule has 0 aliphatic rings. The third-order valence-corrected chi connectivity index (χ3v) is 4.78. The van der Waals surface area contributed by atoms with E-state index in [1.165, 1.54) is 24.3 Å². The molecule has 0 amide bonds. The molecule has 126 valence electrons. The van der Waals surface area contributed by atoms with Gasteiger partial charge in [0.2, 0.25) is 10.0 Å². The van der Waals surface area contributed by atoms with Crippen LogP contribution in [0, 0.1) is 10.1 Å². The van der Waals surface area contributed by atoms with Crippen molar-refractivity contribution in [3.63, 3.8) is 0 Å². The predicted octanol–water partition coefficient (Wildman–Crippen LogP) is 3.37. The third-order valence-electron chi connectivity index (χ3n) is 3.31. The van der Waals surface area contributed by atoms with Crippen molar-refractivity contribution in [2.24, 2.45) is 0 Å². The van der Waals surface area contributed by atoms with E-state index >= 15 is 0 Å². The number of sulfonamides is 1. The van der Waals surface area contributed by atoms with Crippen molar-refractivity contribution in [1.82, 2.24) is 4.72 Å². The highest BCUT2D eigenvalue weighted by Crippen LogP contribution is 2.15. The highest BCUT2D eigenvalue weighted by atomic mass is 32.2. The first kappa shape index (κ1) is 17.8. The lowest BCUT2D eigenvalue weighted by atomic mass is 10.2. The molecule has 6 nitrogen and oxygen atoms in total. The molecule has 0 atom stereocenters. The van der Waals surface area contributed by atoms with Crippen LogP contribution in [-0.4, -0.2) is 19.9 Å². The quantitative estimate of drug-likeness (QED) is 0.451. The van der Waals surface area contributed by atoms with Gasteiger partial charge in [0.15, 0.2) is 0 Å². The minimum absolute atomic E-state index is 0.0212. The summed E-state index contributed by atoms with van der Waals surface area (Å²) in [6.07, 6.45) is 5.40. The van der Waals surface area contributed by atoms with Crippen LogP contribution in [0.2, 0.25) is 0 Å². The van der Waals surface area contributed by atoms with Gasteiger partial charge in [-0.3, -0.25) is 10.1 Å². The number of hydrogen-bond donors (Lipinski definition) is 1. The average Bonchev–Trinajstić information content (AvgIpc) is 2.59. The van der Waals surface area contributed by atoms with Crippen molar-refractivity contribution < 1.29 is 13.3 Å². The lowest BCUT2D eigenvalue weighted by Crippen LogP contribution is -2.24. The molecule has 0 saturated heterocycles. The Morgan fingerprint density at radius 1 is 1.04 bits per heavy atom. The lowest BCUT2D eigenvalue weighted by molar-refractivity contribution is -0.384. The fraction of sp³-hybridized carbons (Fsp3) is 0.176. The molecule has 24 heavy (non-hydrogen) atoms. The van der Waals surface area contributed by atoms with E-state index < -0.39 is 14.9 Å². The number of nitrogens with one attached hydrogen (secondary N) is 1. The van der Waals surface area contributed by atoms with Crippen molar-refractivity contribution >= 4 is 21.8 Å². The number of benzene rings is 2. The van der Waals surface area contributed by atoms with Crippen molar-refractivity contribution in [2.45, 2.75) is 17.7 Å². The highest BCUT2D eigenvalue weighted by Gasteiger charge is 2.14. The summed E-state index contributed by atoms with van der Waals surface area (Å²) in [5.41, 5.74) is 0.962. The first-order valence-corrected chi connectivity index (χ1v) is 8.93. The molecule has 0 spiro atoms. The van der Waals surface area contributed by atoms with Gasteiger partial charge in [-0.25, -0.2) is 13.1 Å². The van der Waals surface area contributed by atoms with Gasteiger partial charge in [-0.2, -0.15) is 0 Å². The number of nitro groups is 1. The summed E-state index contributed by atoms with van der Waals surface area (Å²) < 4.78 is 26.6. The van der Waals surface area contributed by atoms with Gasteiger partial charge in [0.05, 0.1) is 9.82 Å². The molecule has 0 saturated carbocycles. The predicted molar refractivity (Wildman–Crippen MR) is 93.0 cm³/mol. The Bertz CT molecular complexity index is 800. The number of non-ortho nitro benzene ring substituents is 1. The smallest absolute Gasteiger partial charge is 0.258 e. The molecule has 7 heteroatoms. The Balaban J connectivity index is 1.80. The molecule has 0 fully saturated rings. The summed E-state index contributed by atoms with van der Waals surface area (Å²) in [7, 11) is -3.64. The third kappa shape index (κ3) is 5.29. The minimum atomic E-state index is -3.64. The first-order valence-electron chi connectivity index (χ1n) is 7.45. The van der Waals surface area contributed by atoms with E-state index in [4.69, 9.17) is 0 Å². The molecular formula is C17H18N2O4S. The number of nitrogens with zero attached hydrogens (tertiary/aromatic N) is 1. The second kappa shape index (κ2) is 8.37. The second-order valence-electron chi connectivity index (χ2n) is 5.10. The highest BCUT2D eigenvalue weighted by molar-refractivity contribution is 7.89. The lowest BCUT2D eigenvalue weighted by Gasteiger charge is -2.05. The molecule has 0 unspecified atom stereocenters. The zero-order chi connectivity index (χ0) is 17.4. The number of nitro benzene ring substituents is 1. The molecule has 2 aromatic rings. The average molecular weight is 346 g/mol. The SMILES string of the molecule is O=[N+]([O-])c1ccc(S(=O)(=O)NCCC/C=C\c2ccccc2)cc1. The zero-order valence-electron chi connectivity index (χ0n) is 13.0. The van der Waals surface area contributed by atoms with Gasteiger partial charge < -0.3 is 0 Å². The number of allylic oxidation sites excluding steroid dienone is 1. The van der Waals surface area contributed by atoms with Crippen LogP contribution >= 0.6 is 0 Å². The van der Waals surface area contributed by atoms with Crippen LogP contribution in [0.4, 0.5) is 5.69 Å². The van der Waals surface area contributed by atoms with Crippen molar-refractivity contribution in [3.8, 4) is 0 Å². The fourth-order valence-electron chi connectivity index (χ4n) is 2.04. The molecule has 0 heterocycles. The normalized spacial score (nSPS) is 11.7. The van der Waals surface area contributed by atoms with E-state index in [2.05, 4.69) is 4.72 Å². The molecule has 0 radical (unpaired) electrons. The van der Waals surface area contributed by atoms with Gasteiger partial charge >= 0.3 is 0 Å². The number of unbranched alkanes of at least 4 members (excludes halogenated alkanes) is 1. The molecular weight excluding hydrogens is 328 g/mol. The molecule has 0 aliphatic heterocycles. The number of rotatable bonds is 8. The van der Waals surface area contributed by atoms with E-state index in [9.17, 15) is 18.5 Å². The van der Waals surface area contributed by atoms with Crippen LogP contribution in [0.25, 0.3) is 6.08 Å². The molecule has 2 aromatic carbocycles. The molecule has 2 rings (SSSR count). The van der Waals surface area contributed by atoms with Crippen LogP contribution in [0.15, 0.2) is 65.6 Å². The van der Waals surface area contributed by atoms with Crippen LogP contribution in [0.5, 0.6) is 0 Å². The summed E-state index contributed by atoms with van der Waals surface area (Å²) in [5, 5.41) is 10.6. The van der Waals surface area contributed by atoms with Gasteiger partial charge in [0.25, 0.3) is 5.69 Å². The van der Waals surface area contributed by atoms with Gasteiger partial charge in [-0.1, -0.05) is 42.5 Å². The van der Waals surface area contributed by atoms with Gasteiger partial charge in [-0.05, 0) is 30.5 Å². The van der Waals surface area contributed by atoms with Crippen LogP contribution in [0.1, 0.15) is 18.4 Å². The summed E-state index contributed by atoms with van der Waals surface area (Å²) >= 11 is 0. The molecule has 0 aromatic heterocycles. The van der Waals surface area contributed by atoms with Crippen molar-refractivity contribution in [2.75, 3.05) is 6.54 Å². The first-order chi connectivity index (χ1) is 11.5. The van der Waals surface area contributed by atoms with E-state index in [-0.39, 0.29) is 10.6 Å². The van der Waals surface area contributed by atoms with E-state index in [0.29, 0.717) is 13.0 Å². The molecule has 1 N–H and O–H groups in total. The summed E-state index contributed by atoms with van der Waals surface area (Å²) in [4.78, 5) is 10.0. The van der Waals surface area contributed by atoms with E-state index in [0.717, 1.165) is 12.0 Å². The molecule has 0 aliphatic carbocycles. The minimum Gasteiger partial charge on any atom is -0.258 e.